The second kappa shape index (κ2) is 21.9. The standard InChI is InChI=1S/C39H65N9O9/c1-22(2)32-37(56)46-28(21-24-12-14-25(49)15-13-24)34(53)44-27(16-17-31(50)51)38(57)48-19-7-11-30(48)36(55)43-26(10-6-18-42-39(40)41)33(52)45-29(35(54)47-32)20-23-8-4-3-5-9-23/h22-30,32,49H,3-21H2,1-2H3,(H,43,55)(H,44,53)(H,45,52)(H,46,56)(H,47,54)(H,50,51)(H4,40,41,42)/t24?,25?,26-,27+,28+,29-,30+,32-/m1/s1. The van der Waals surface area contributed by atoms with E-state index in [1.807, 2.05) is 0 Å². The molecule has 6 amide bonds. The maximum atomic E-state index is 14.2. The Morgan fingerprint density at radius 2 is 1.26 bits per heavy atom. The summed E-state index contributed by atoms with van der Waals surface area (Å²) >= 11 is 0. The summed E-state index contributed by atoms with van der Waals surface area (Å²) < 4.78 is 0. The molecule has 2 aliphatic carbocycles. The molecule has 2 heterocycles. The minimum Gasteiger partial charge on any atom is -0.481 e. The van der Waals surface area contributed by atoms with E-state index in [9.17, 15) is 43.8 Å². The molecule has 2 aliphatic heterocycles. The summed E-state index contributed by atoms with van der Waals surface area (Å²) in [5.41, 5.74) is 11.0. The molecule has 57 heavy (non-hydrogen) atoms. The van der Waals surface area contributed by atoms with Crippen LogP contribution in [0, 0.1) is 17.8 Å². The van der Waals surface area contributed by atoms with Crippen molar-refractivity contribution in [2.75, 3.05) is 13.1 Å². The van der Waals surface area contributed by atoms with Crippen molar-refractivity contribution in [1.82, 2.24) is 31.5 Å². The van der Waals surface area contributed by atoms with Crippen LogP contribution in [0.2, 0.25) is 0 Å². The van der Waals surface area contributed by atoms with Gasteiger partial charge in [0.25, 0.3) is 0 Å². The molecule has 6 atom stereocenters. The van der Waals surface area contributed by atoms with Gasteiger partial charge in [0.15, 0.2) is 5.96 Å². The zero-order valence-corrected chi connectivity index (χ0v) is 33.5. The van der Waals surface area contributed by atoms with Crippen molar-refractivity contribution in [1.29, 1.82) is 0 Å². The number of hydrogen-bond acceptors (Lipinski definition) is 9. The summed E-state index contributed by atoms with van der Waals surface area (Å²) in [5, 5.41) is 33.8. The number of aliphatic hydroxyl groups is 1. The molecule has 0 aromatic rings. The van der Waals surface area contributed by atoms with E-state index in [-0.39, 0.29) is 56.6 Å². The normalized spacial score (nSPS) is 30.2. The number of carbonyl (C=O) groups excluding carboxylic acids is 6. The maximum Gasteiger partial charge on any atom is 0.303 e. The largest absolute Gasteiger partial charge is 0.481 e. The highest BCUT2D eigenvalue weighted by Crippen LogP contribution is 2.29. The first kappa shape index (κ1) is 45.2. The Balaban J connectivity index is 1.73. The minimum absolute atomic E-state index is 0.0447. The van der Waals surface area contributed by atoms with Gasteiger partial charge in [-0.2, -0.15) is 0 Å². The molecule has 0 radical (unpaired) electrons. The van der Waals surface area contributed by atoms with Crippen LogP contribution in [0.15, 0.2) is 4.99 Å². The molecule has 0 bridgehead atoms. The van der Waals surface area contributed by atoms with Crippen LogP contribution in [-0.4, -0.2) is 118 Å². The second-order valence-electron chi connectivity index (χ2n) is 16.7. The number of nitrogens with one attached hydrogen (secondary N) is 5. The van der Waals surface area contributed by atoms with Crippen LogP contribution in [-0.2, 0) is 33.6 Å². The summed E-state index contributed by atoms with van der Waals surface area (Å²) in [7, 11) is 0. The van der Waals surface area contributed by atoms with E-state index in [1.165, 1.54) is 4.90 Å². The Labute approximate surface area is 334 Å². The number of carboxylic acid groups (broad SMARTS) is 1. The Morgan fingerprint density at radius 3 is 1.88 bits per heavy atom. The number of rotatable bonds is 12. The maximum absolute atomic E-state index is 14.2. The Hall–Kier alpha value is -4.48. The van der Waals surface area contributed by atoms with Gasteiger partial charge in [-0.1, -0.05) is 46.0 Å². The predicted molar refractivity (Wildman–Crippen MR) is 210 cm³/mol. The number of aliphatic imine (C=N–C) groups is 1. The average Bonchev–Trinajstić information content (AvgIpc) is 3.66. The molecule has 18 nitrogen and oxygen atoms in total. The minimum atomic E-state index is -1.34. The van der Waals surface area contributed by atoms with Gasteiger partial charge in [0.2, 0.25) is 35.4 Å². The fourth-order valence-corrected chi connectivity index (χ4v) is 8.60. The first-order valence-corrected chi connectivity index (χ1v) is 20.9. The number of hydrogen-bond donors (Lipinski definition) is 9. The van der Waals surface area contributed by atoms with Crippen LogP contribution in [0.4, 0.5) is 0 Å². The lowest BCUT2D eigenvalue weighted by Gasteiger charge is -2.34. The van der Waals surface area contributed by atoms with Crippen molar-refractivity contribution in [2.45, 2.75) is 165 Å². The molecule has 2 saturated carbocycles. The summed E-state index contributed by atoms with van der Waals surface area (Å²) in [5.74, 6) is -5.44. The van der Waals surface area contributed by atoms with Crippen molar-refractivity contribution in [3.63, 3.8) is 0 Å². The van der Waals surface area contributed by atoms with E-state index in [0.717, 1.165) is 32.1 Å². The summed E-state index contributed by atoms with van der Waals surface area (Å²) in [4.78, 5) is 102. The van der Waals surface area contributed by atoms with Crippen molar-refractivity contribution < 1.29 is 43.8 Å². The molecule has 0 spiro atoms. The third kappa shape index (κ3) is 13.8. The van der Waals surface area contributed by atoms with Crippen LogP contribution >= 0.6 is 0 Å². The lowest BCUT2D eigenvalue weighted by atomic mass is 9.83. The smallest absolute Gasteiger partial charge is 0.303 e. The molecule has 4 rings (SSSR count). The van der Waals surface area contributed by atoms with Gasteiger partial charge in [-0.15, -0.1) is 0 Å². The van der Waals surface area contributed by atoms with Crippen molar-refractivity contribution >= 4 is 47.4 Å². The van der Waals surface area contributed by atoms with Crippen LogP contribution < -0.4 is 38.1 Å². The van der Waals surface area contributed by atoms with E-state index < -0.39 is 96.1 Å². The number of aliphatic hydroxyl groups excluding tert-OH is 1. The molecule has 320 valence electrons. The topological polar surface area (TPSA) is 288 Å². The number of aliphatic carboxylic acids is 1. The number of amides is 6. The van der Waals surface area contributed by atoms with Crippen molar-refractivity contribution in [3.8, 4) is 0 Å². The first-order chi connectivity index (χ1) is 27.1. The summed E-state index contributed by atoms with van der Waals surface area (Å²) in [6, 6.07) is -6.82. The zero-order valence-electron chi connectivity index (χ0n) is 33.5. The number of carboxylic acids is 1. The Bertz CT molecular complexity index is 1460. The molecular weight excluding hydrogens is 738 g/mol. The van der Waals surface area contributed by atoms with E-state index >= 15 is 0 Å². The lowest BCUT2D eigenvalue weighted by molar-refractivity contribution is -0.144. The van der Waals surface area contributed by atoms with Gasteiger partial charge in [0.05, 0.1) is 6.10 Å². The molecule has 0 unspecified atom stereocenters. The van der Waals surface area contributed by atoms with Crippen LogP contribution in [0.5, 0.6) is 0 Å². The summed E-state index contributed by atoms with van der Waals surface area (Å²) in [6.07, 6.45) is 7.49. The molecule has 18 heteroatoms. The van der Waals surface area contributed by atoms with Gasteiger partial charge in [0.1, 0.15) is 36.3 Å². The number of guanidine groups is 1. The second-order valence-corrected chi connectivity index (χ2v) is 16.7. The fourth-order valence-electron chi connectivity index (χ4n) is 8.60. The molecular formula is C39H65N9O9. The summed E-state index contributed by atoms with van der Waals surface area (Å²) in [6.45, 7) is 3.82. The van der Waals surface area contributed by atoms with Crippen molar-refractivity contribution in [3.05, 3.63) is 0 Å². The van der Waals surface area contributed by atoms with E-state index in [2.05, 4.69) is 31.6 Å². The monoisotopic (exact) mass is 803 g/mol. The molecule has 4 aliphatic rings. The zero-order chi connectivity index (χ0) is 41.6. The van der Waals surface area contributed by atoms with Gasteiger partial charge in [-0.05, 0) is 88.4 Å². The highest BCUT2D eigenvalue weighted by molar-refractivity contribution is 5.98. The molecule has 11 N–H and O–H groups in total. The third-order valence-electron chi connectivity index (χ3n) is 11.9. The predicted octanol–water partition coefficient (Wildman–Crippen LogP) is -0.0990. The van der Waals surface area contributed by atoms with Gasteiger partial charge < -0.3 is 53.2 Å². The Kier molecular flexibility index (Phi) is 17.4. The highest BCUT2D eigenvalue weighted by Gasteiger charge is 2.41. The molecule has 2 saturated heterocycles. The average molecular weight is 804 g/mol. The quantitative estimate of drug-likeness (QED) is 0.0714. The van der Waals surface area contributed by atoms with Crippen LogP contribution in [0.3, 0.4) is 0 Å². The van der Waals surface area contributed by atoms with Gasteiger partial charge >= 0.3 is 5.97 Å². The Morgan fingerprint density at radius 1 is 0.702 bits per heavy atom. The molecule has 0 aromatic heterocycles. The van der Waals surface area contributed by atoms with E-state index in [1.54, 1.807) is 13.8 Å². The lowest BCUT2D eigenvalue weighted by Crippen LogP contribution is -2.62. The van der Waals surface area contributed by atoms with E-state index in [4.69, 9.17) is 11.5 Å². The first-order valence-electron chi connectivity index (χ1n) is 20.9. The number of nitrogens with two attached hydrogens (primary N) is 2. The highest BCUT2D eigenvalue weighted by atomic mass is 16.4. The number of carbonyl (C=O) groups is 7. The SMILES string of the molecule is CC(C)[C@H]1NC(=O)[C@@H](CC2CCCCC2)NC(=O)[C@@H](CCCN=C(N)N)NC(=O)[C@@H]2CCCN2C(=O)[C@H](CCC(=O)O)NC(=O)[C@H](CC2CCC(O)CC2)NC1=O. The molecule has 0 aromatic carbocycles. The molecule has 4 fully saturated rings. The third-order valence-corrected chi connectivity index (χ3v) is 11.9. The van der Waals surface area contributed by atoms with Gasteiger partial charge in [0, 0.05) is 19.5 Å². The van der Waals surface area contributed by atoms with Gasteiger partial charge in [-0.25, -0.2) is 0 Å². The van der Waals surface area contributed by atoms with Crippen LogP contribution in [0.25, 0.3) is 0 Å². The van der Waals surface area contributed by atoms with Gasteiger partial charge in [-0.3, -0.25) is 38.6 Å². The van der Waals surface area contributed by atoms with Crippen molar-refractivity contribution in [2.24, 2.45) is 34.2 Å². The number of fused-ring (bicyclic) bond motifs is 1. The number of nitrogens with zero attached hydrogens (tertiary/aromatic N) is 2. The van der Waals surface area contributed by atoms with E-state index in [0.29, 0.717) is 44.9 Å². The fraction of sp³-hybridized carbons (Fsp3) is 0.795. The van der Waals surface area contributed by atoms with Crippen LogP contribution in [0.1, 0.15) is 123 Å².